The standard InChI is InChI=1S/C23H30N6O3/c1-23(2,3)32-22(30)26-14-17-15-29(11-12-31-17)20-18-9-10-24-19(18)27-21(28-20)25-13-16-7-5-4-6-8-16/h4-10,17H,11-15H2,1-3H3,(H,26,30)(H2,24,25,27,28). The van der Waals surface area contributed by atoms with Crippen molar-refractivity contribution in [1.82, 2.24) is 20.3 Å². The number of anilines is 2. The van der Waals surface area contributed by atoms with Gasteiger partial charge < -0.3 is 30.0 Å². The average molecular weight is 439 g/mol. The summed E-state index contributed by atoms with van der Waals surface area (Å²) in [4.78, 5) is 26.8. The first kappa shape index (κ1) is 21.9. The average Bonchev–Trinajstić information content (AvgIpc) is 3.24. The summed E-state index contributed by atoms with van der Waals surface area (Å²) < 4.78 is 11.2. The summed E-state index contributed by atoms with van der Waals surface area (Å²) in [7, 11) is 0. The Kier molecular flexibility index (Phi) is 6.45. The first-order chi connectivity index (χ1) is 15.4. The van der Waals surface area contributed by atoms with Crippen molar-refractivity contribution >= 4 is 28.9 Å². The zero-order valence-corrected chi connectivity index (χ0v) is 18.7. The molecule has 0 spiro atoms. The van der Waals surface area contributed by atoms with Gasteiger partial charge in [-0.25, -0.2) is 4.79 Å². The molecule has 0 saturated carbocycles. The largest absolute Gasteiger partial charge is 0.444 e. The highest BCUT2D eigenvalue weighted by atomic mass is 16.6. The van der Waals surface area contributed by atoms with E-state index in [1.807, 2.05) is 51.2 Å². The monoisotopic (exact) mass is 438 g/mol. The number of hydrogen-bond acceptors (Lipinski definition) is 7. The van der Waals surface area contributed by atoms with Gasteiger partial charge in [-0.2, -0.15) is 9.97 Å². The molecule has 3 N–H and O–H groups in total. The van der Waals surface area contributed by atoms with Gasteiger partial charge in [-0.1, -0.05) is 30.3 Å². The molecule has 1 atom stereocenters. The number of fused-ring (bicyclic) bond motifs is 1. The van der Waals surface area contributed by atoms with Gasteiger partial charge in [0.25, 0.3) is 0 Å². The molecule has 0 aliphatic carbocycles. The van der Waals surface area contributed by atoms with Crippen molar-refractivity contribution in [2.45, 2.75) is 39.0 Å². The Labute approximate surface area is 187 Å². The van der Waals surface area contributed by atoms with Gasteiger partial charge in [0.2, 0.25) is 5.95 Å². The highest BCUT2D eigenvalue weighted by Crippen LogP contribution is 2.26. The van der Waals surface area contributed by atoms with Crippen molar-refractivity contribution in [1.29, 1.82) is 0 Å². The molecule has 170 valence electrons. The molecule has 2 aromatic heterocycles. The number of nitrogens with one attached hydrogen (secondary N) is 3. The third kappa shape index (κ3) is 5.67. The highest BCUT2D eigenvalue weighted by molar-refractivity contribution is 5.88. The fraction of sp³-hybridized carbons (Fsp3) is 0.435. The number of ether oxygens (including phenoxy) is 2. The van der Waals surface area contributed by atoms with Gasteiger partial charge in [-0.3, -0.25) is 0 Å². The molecule has 9 nitrogen and oxygen atoms in total. The number of aromatic amines is 1. The maximum Gasteiger partial charge on any atom is 0.407 e. The normalized spacial score (nSPS) is 16.7. The molecule has 1 unspecified atom stereocenters. The fourth-order valence-corrected chi connectivity index (χ4v) is 3.57. The molecular formula is C23H30N6O3. The topological polar surface area (TPSA) is 104 Å². The maximum absolute atomic E-state index is 12.0. The number of amides is 1. The zero-order valence-electron chi connectivity index (χ0n) is 18.7. The molecule has 1 amide bonds. The van der Waals surface area contributed by atoms with Crippen molar-refractivity contribution in [2.75, 3.05) is 36.5 Å². The molecule has 3 aromatic rings. The van der Waals surface area contributed by atoms with Crippen LogP contribution in [0.4, 0.5) is 16.6 Å². The van der Waals surface area contributed by atoms with Gasteiger partial charge in [0.15, 0.2) is 0 Å². The van der Waals surface area contributed by atoms with Crippen LogP contribution in [-0.4, -0.2) is 59.0 Å². The molecule has 1 saturated heterocycles. The third-order valence-corrected chi connectivity index (χ3v) is 5.00. The Bertz CT molecular complexity index is 1050. The van der Waals surface area contributed by atoms with E-state index in [-0.39, 0.29) is 6.10 Å². The lowest BCUT2D eigenvalue weighted by atomic mass is 10.2. The van der Waals surface area contributed by atoms with Crippen LogP contribution in [0, 0.1) is 0 Å². The fourth-order valence-electron chi connectivity index (χ4n) is 3.57. The summed E-state index contributed by atoms with van der Waals surface area (Å²) in [5.41, 5.74) is 1.40. The van der Waals surface area contributed by atoms with Crippen LogP contribution in [0.3, 0.4) is 0 Å². The molecule has 1 fully saturated rings. The minimum atomic E-state index is -0.534. The van der Waals surface area contributed by atoms with Crippen molar-refractivity contribution in [2.24, 2.45) is 0 Å². The number of morpholine rings is 1. The Morgan fingerprint density at radius 3 is 2.84 bits per heavy atom. The molecule has 0 bridgehead atoms. The van der Waals surface area contributed by atoms with E-state index in [1.54, 1.807) is 0 Å². The molecule has 9 heteroatoms. The van der Waals surface area contributed by atoms with Crippen molar-refractivity contribution in [3.05, 3.63) is 48.2 Å². The second-order valence-electron chi connectivity index (χ2n) is 8.77. The quantitative estimate of drug-likeness (QED) is 0.542. The number of aromatic nitrogens is 3. The Morgan fingerprint density at radius 2 is 2.06 bits per heavy atom. The Morgan fingerprint density at radius 1 is 1.25 bits per heavy atom. The van der Waals surface area contributed by atoms with Gasteiger partial charge in [0.1, 0.15) is 17.1 Å². The van der Waals surface area contributed by atoms with Crippen LogP contribution in [0.1, 0.15) is 26.3 Å². The summed E-state index contributed by atoms with van der Waals surface area (Å²) in [6.45, 7) is 8.38. The predicted molar refractivity (Wildman–Crippen MR) is 124 cm³/mol. The molecule has 1 aromatic carbocycles. The minimum Gasteiger partial charge on any atom is -0.444 e. The lowest BCUT2D eigenvalue weighted by Gasteiger charge is -2.34. The molecule has 1 aliphatic rings. The lowest BCUT2D eigenvalue weighted by Crippen LogP contribution is -2.48. The smallest absolute Gasteiger partial charge is 0.407 e. The summed E-state index contributed by atoms with van der Waals surface area (Å²) >= 11 is 0. The van der Waals surface area contributed by atoms with E-state index in [4.69, 9.17) is 14.5 Å². The number of rotatable bonds is 6. The van der Waals surface area contributed by atoms with Gasteiger partial charge in [-0.05, 0) is 32.4 Å². The SMILES string of the molecule is CC(C)(C)OC(=O)NCC1CN(c2nc(NCc3ccccc3)nc3[nH]ccc23)CCO1. The van der Waals surface area contributed by atoms with Crippen molar-refractivity contribution < 1.29 is 14.3 Å². The van der Waals surface area contributed by atoms with Crippen LogP contribution in [0.2, 0.25) is 0 Å². The van der Waals surface area contributed by atoms with Crippen LogP contribution < -0.4 is 15.5 Å². The first-order valence-corrected chi connectivity index (χ1v) is 10.8. The van der Waals surface area contributed by atoms with E-state index in [0.717, 1.165) is 22.4 Å². The van der Waals surface area contributed by atoms with Crippen LogP contribution in [-0.2, 0) is 16.0 Å². The number of H-pyrrole nitrogens is 1. The molecule has 1 aliphatic heterocycles. The van der Waals surface area contributed by atoms with E-state index < -0.39 is 11.7 Å². The molecule has 32 heavy (non-hydrogen) atoms. The Hall–Kier alpha value is -3.33. The van der Waals surface area contributed by atoms with Crippen molar-refractivity contribution in [3.63, 3.8) is 0 Å². The van der Waals surface area contributed by atoms with E-state index in [2.05, 4.69) is 37.6 Å². The maximum atomic E-state index is 12.0. The second kappa shape index (κ2) is 9.44. The molecule has 4 rings (SSSR count). The van der Waals surface area contributed by atoms with Gasteiger partial charge in [0.05, 0.1) is 18.1 Å². The number of benzene rings is 1. The zero-order chi connectivity index (χ0) is 22.6. The van der Waals surface area contributed by atoms with Gasteiger partial charge in [-0.15, -0.1) is 0 Å². The highest BCUT2D eigenvalue weighted by Gasteiger charge is 2.25. The van der Waals surface area contributed by atoms with Crippen LogP contribution in [0.15, 0.2) is 42.6 Å². The minimum absolute atomic E-state index is 0.166. The first-order valence-electron chi connectivity index (χ1n) is 10.8. The number of nitrogens with zero attached hydrogens (tertiary/aromatic N) is 3. The predicted octanol–water partition coefficient (Wildman–Crippen LogP) is 3.30. The van der Waals surface area contributed by atoms with Crippen LogP contribution in [0.5, 0.6) is 0 Å². The number of alkyl carbamates (subject to hydrolysis) is 1. The molecule has 0 radical (unpaired) electrons. The van der Waals surface area contributed by atoms with E-state index in [9.17, 15) is 4.79 Å². The van der Waals surface area contributed by atoms with Gasteiger partial charge >= 0.3 is 6.09 Å². The van der Waals surface area contributed by atoms with Crippen LogP contribution in [0.25, 0.3) is 11.0 Å². The Balaban J connectivity index is 1.44. The summed E-state index contributed by atoms with van der Waals surface area (Å²) in [5.74, 6) is 1.41. The summed E-state index contributed by atoms with van der Waals surface area (Å²) in [6, 6.07) is 12.1. The van der Waals surface area contributed by atoms with Crippen molar-refractivity contribution in [3.8, 4) is 0 Å². The van der Waals surface area contributed by atoms with Gasteiger partial charge in [0, 0.05) is 32.4 Å². The van der Waals surface area contributed by atoms with E-state index >= 15 is 0 Å². The number of carbonyl (C=O) groups is 1. The summed E-state index contributed by atoms with van der Waals surface area (Å²) in [5, 5.41) is 7.08. The van der Waals surface area contributed by atoms with E-state index in [1.165, 1.54) is 0 Å². The third-order valence-electron chi connectivity index (χ3n) is 5.00. The number of hydrogen-bond donors (Lipinski definition) is 3. The molecule has 3 heterocycles. The van der Waals surface area contributed by atoms with E-state index in [0.29, 0.717) is 38.7 Å². The van der Waals surface area contributed by atoms with Crippen LogP contribution >= 0.6 is 0 Å². The summed E-state index contributed by atoms with van der Waals surface area (Å²) in [6.07, 6.45) is 1.26. The number of carbonyl (C=O) groups excluding carboxylic acids is 1. The molecular weight excluding hydrogens is 408 g/mol. The lowest BCUT2D eigenvalue weighted by molar-refractivity contribution is 0.0282. The second-order valence-corrected chi connectivity index (χ2v) is 8.77.